The van der Waals surface area contributed by atoms with Gasteiger partial charge in [-0.1, -0.05) is 44.6 Å². The predicted octanol–water partition coefficient (Wildman–Crippen LogP) is 7.63. The van der Waals surface area contributed by atoms with Crippen LogP contribution < -0.4 is 0 Å². The van der Waals surface area contributed by atoms with Crippen molar-refractivity contribution in [2.45, 2.75) is 109 Å². The van der Waals surface area contributed by atoms with Gasteiger partial charge in [0.15, 0.2) is 11.6 Å². The molecule has 3 saturated carbocycles. The monoisotopic (exact) mass is 489 g/mol. The van der Waals surface area contributed by atoms with Gasteiger partial charge in [0.25, 0.3) is 0 Å². The molecule has 0 bridgehead atoms. The lowest BCUT2D eigenvalue weighted by atomic mass is 9.72. The van der Waals surface area contributed by atoms with E-state index in [9.17, 15) is 13.6 Å². The van der Waals surface area contributed by atoms with Gasteiger partial charge >= 0.3 is 5.97 Å². The van der Waals surface area contributed by atoms with Crippen LogP contribution in [-0.4, -0.2) is 36.6 Å². The van der Waals surface area contributed by atoms with E-state index in [0.717, 1.165) is 49.8 Å². The summed E-state index contributed by atoms with van der Waals surface area (Å²) >= 11 is 0. The van der Waals surface area contributed by atoms with E-state index in [2.05, 4.69) is 4.90 Å². The molecular formula is C30H45F2NO2. The molecule has 35 heavy (non-hydrogen) atoms. The van der Waals surface area contributed by atoms with Crippen molar-refractivity contribution in [3.63, 3.8) is 0 Å². The highest BCUT2D eigenvalue weighted by atomic mass is 19.2. The predicted molar refractivity (Wildman–Crippen MR) is 136 cm³/mol. The van der Waals surface area contributed by atoms with Crippen molar-refractivity contribution in [1.82, 2.24) is 4.90 Å². The minimum atomic E-state index is -0.787. The van der Waals surface area contributed by atoms with E-state index in [1.165, 1.54) is 76.3 Å². The number of halogens is 2. The number of rotatable bonds is 9. The first kappa shape index (κ1) is 26.6. The lowest BCUT2D eigenvalue weighted by Gasteiger charge is -2.46. The minimum Gasteiger partial charge on any atom is -0.466 e. The summed E-state index contributed by atoms with van der Waals surface area (Å²) in [4.78, 5) is 15.0. The van der Waals surface area contributed by atoms with Crippen LogP contribution in [0.1, 0.15) is 108 Å². The highest BCUT2D eigenvalue weighted by Gasteiger charge is 2.38. The third-order valence-electron chi connectivity index (χ3n) is 8.96. The van der Waals surface area contributed by atoms with Crippen LogP contribution in [0, 0.1) is 29.4 Å². The molecule has 0 saturated heterocycles. The number of esters is 1. The fourth-order valence-electron chi connectivity index (χ4n) is 7.17. The molecule has 3 aliphatic carbocycles. The van der Waals surface area contributed by atoms with E-state index in [4.69, 9.17) is 4.74 Å². The van der Waals surface area contributed by atoms with Gasteiger partial charge in [0.2, 0.25) is 0 Å². The summed E-state index contributed by atoms with van der Waals surface area (Å²) in [5.41, 5.74) is 0.889. The van der Waals surface area contributed by atoms with Gasteiger partial charge in [-0.2, -0.15) is 0 Å². The maximum Gasteiger partial charge on any atom is 0.306 e. The lowest BCUT2D eigenvalue weighted by molar-refractivity contribution is -0.144. The van der Waals surface area contributed by atoms with Crippen molar-refractivity contribution in [3.05, 3.63) is 35.4 Å². The Morgan fingerprint density at radius 3 is 2.06 bits per heavy atom. The third kappa shape index (κ3) is 7.50. The van der Waals surface area contributed by atoms with Crippen LogP contribution in [-0.2, 0) is 9.53 Å². The second-order valence-corrected chi connectivity index (χ2v) is 11.5. The van der Waals surface area contributed by atoms with Crippen LogP contribution in [0.2, 0.25) is 0 Å². The number of hydrogen-bond acceptors (Lipinski definition) is 3. The van der Waals surface area contributed by atoms with Crippen molar-refractivity contribution >= 4 is 5.97 Å². The molecule has 0 aromatic heterocycles. The number of carbonyl (C=O) groups excluding carboxylic acids is 1. The van der Waals surface area contributed by atoms with Gasteiger partial charge < -0.3 is 4.74 Å². The topological polar surface area (TPSA) is 29.5 Å². The molecule has 3 aliphatic rings. The number of hydrogen-bond donors (Lipinski definition) is 0. The van der Waals surface area contributed by atoms with E-state index in [-0.39, 0.29) is 17.8 Å². The summed E-state index contributed by atoms with van der Waals surface area (Å²) in [7, 11) is 0. The van der Waals surface area contributed by atoms with E-state index in [0.29, 0.717) is 19.1 Å². The van der Waals surface area contributed by atoms with Crippen LogP contribution in [0.3, 0.4) is 0 Å². The fraction of sp³-hybridized carbons (Fsp3) is 0.767. The molecule has 1 aromatic carbocycles. The van der Waals surface area contributed by atoms with Crippen LogP contribution in [0.4, 0.5) is 8.78 Å². The van der Waals surface area contributed by atoms with E-state index in [1.807, 2.05) is 6.92 Å². The molecule has 0 aliphatic heterocycles. The molecule has 5 heteroatoms. The summed E-state index contributed by atoms with van der Waals surface area (Å²) in [6.45, 7) is 4.50. The first-order valence-electron chi connectivity index (χ1n) is 14.4. The van der Waals surface area contributed by atoms with E-state index < -0.39 is 11.6 Å². The zero-order valence-electron chi connectivity index (χ0n) is 21.7. The Labute approximate surface area is 211 Å². The maximum atomic E-state index is 14.4. The normalized spacial score (nSPS) is 26.7. The van der Waals surface area contributed by atoms with Crippen LogP contribution in [0.5, 0.6) is 0 Å². The highest BCUT2D eigenvalue weighted by Crippen LogP contribution is 2.42. The smallest absolute Gasteiger partial charge is 0.306 e. The second kappa shape index (κ2) is 13.2. The van der Waals surface area contributed by atoms with Crippen molar-refractivity contribution < 1.29 is 18.3 Å². The summed E-state index contributed by atoms with van der Waals surface area (Å²) in [5.74, 6) is 0.150. The molecule has 3 nitrogen and oxygen atoms in total. The molecular weight excluding hydrogens is 444 g/mol. The Bertz CT molecular complexity index is 784. The van der Waals surface area contributed by atoms with Crippen LogP contribution in [0.25, 0.3) is 0 Å². The Morgan fingerprint density at radius 2 is 1.49 bits per heavy atom. The highest BCUT2D eigenvalue weighted by molar-refractivity contribution is 5.69. The van der Waals surface area contributed by atoms with Gasteiger partial charge in [-0.05, 0) is 93.2 Å². The van der Waals surface area contributed by atoms with Gasteiger partial charge in [-0.25, -0.2) is 8.78 Å². The molecule has 0 spiro atoms. The Kier molecular flexibility index (Phi) is 10.00. The van der Waals surface area contributed by atoms with Gasteiger partial charge in [0.05, 0.1) is 6.61 Å². The zero-order chi connectivity index (χ0) is 24.6. The Morgan fingerprint density at radius 1 is 0.857 bits per heavy atom. The molecule has 0 radical (unpaired) electrons. The first-order valence-corrected chi connectivity index (χ1v) is 14.4. The quantitative estimate of drug-likeness (QED) is 0.334. The van der Waals surface area contributed by atoms with Crippen molar-refractivity contribution in [3.8, 4) is 0 Å². The van der Waals surface area contributed by atoms with Crippen LogP contribution in [0.15, 0.2) is 18.2 Å². The largest absolute Gasteiger partial charge is 0.466 e. The number of benzene rings is 1. The summed E-state index contributed by atoms with van der Waals surface area (Å²) in [6.07, 6.45) is 16.6. The van der Waals surface area contributed by atoms with Gasteiger partial charge in [0.1, 0.15) is 0 Å². The number of ether oxygens (including phenoxy) is 1. The lowest BCUT2D eigenvalue weighted by Crippen LogP contribution is -2.47. The molecule has 3 fully saturated rings. The summed E-state index contributed by atoms with van der Waals surface area (Å²) in [5, 5.41) is 0. The van der Waals surface area contributed by atoms with Crippen molar-refractivity contribution in [2.75, 3.05) is 19.7 Å². The Hall–Kier alpha value is -1.49. The average Bonchev–Trinajstić information content (AvgIpc) is 2.87. The maximum absolute atomic E-state index is 14.4. The molecule has 1 aromatic rings. The van der Waals surface area contributed by atoms with E-state index >= 15 is 0 Å². The summed E-state index contributed by atoms with van der Waals surface area (Å²) < 4.78 is 33.4. The molecule has 0 N–H and O–H groups in total. The molecule has 0 heterocycles. The average molecular weight is 490 g/mol. The van der Waals surface area contributed by atoms with Gasteiger partial charge in [-0.3, -0.25) is 9.69 Å². The zero-order valence-corrected chi connectivity index (χ0v) is 21.7. The minimum absolute atomic E-state index is 0.116. The molecule has 0 amide bonds. The Balaban J connectivity index is 1.57. The van der Waals surface area contributed by atoms with Crippen molar-refractivity contribution in [1.29, 1.82) is 0 Å². The summed E-state index contributed by atoms with van der Waals surface area (Å²) in [6, 6.07) is 4.80. The standard InChI is InChI=1S/C30H45F2NO2/c1-2-35-30(34)18-24-13-16-29(26(17-24)25-14-15-27(31)28(32)19-25)33(20-22-9-5-3-6-10-22)21-23-11-7-4-8-12-23/h14-15,19,22-24,26,29H,2-13,16-18,20-21H2,1H3/t24-,26+,29-/m1/s1. The molecule has 3 atom stereocenters. The third-order valence-corrected chi connectivity index (χ3v) is 8.96. The molecule has 196 valence electrons. The SMILES string of the molecule is CCOC(=O)C[C@@H]1CC[C@@H](N(CC2CCCCC2)CC2CCCCC2)[C@H](c2ccc(F)c(F)c2)C1. The van der Waals surface area contributed by atoms with E-state index in [1.54, 1.807) is 6.07 Å². The number of nitrogens with zero attached hydrogens (tertiary/aromatic N) is 1. The van der Waals surface area contributed by atoms with Crippen LogP contribution >= 0.6 is 0 Å². The second-order valence-electron chi connectivity index (χ2n) is 11.5. The fourth-order valence-corrected chi connectivity index (χ4v) is 7.17. The molecule has 4 rings (SSSR count). The number of carbonyl (C=O) groups is 1. The van der Waals surface area contributed by atoms with Crippen molar-refractivity contribution in [2.24, 2.45) is 17.8 Å². The van der Waals surface area contributed by atoms with Gasteiger partial charge in [0, 0.05) is 25.6 Å². The van der Waals surface area contributed by atoms with Gasteiger partial charge in [-0.15, -0.1) is 0 Å². The molecule has 0 unspecified atom stereocenters. The first-order chi connectivity index (χ1) is 17.0.